The van der Waals surface area contributed by atoms with Crippen molar-refractivity contribution in [1.29, 1.82) is 0 Å². The second-order valence-corrected chi connectivity index (χ2v) is 7.08. The van der Waals surface area contributed by atoms with E-state index in [0.29, 0.717) is 0 Å². The molecule has 31 heavy (non-hydrogen) atoms. The van der Waals surface area contributed by atoms with Crippen LogP contribution in [0.15, 0.2) is 0 Å². The molecule has 0 fully saturated rings. The molecule has 0 aliphatic heterocycles. The molecule has 4 atom stereocenters. The number of amides is 4. The summed E-state index contributed by atoms with van der Waals surface area (Å²) >= 11 is 0. The van der Waals surface area contributed by atoms with Crippen LogP contribution in [-0.2, 0) is 28.8 Å². The molecule has 0 aliphatic carbocycles. The average molecular weight is 447 g/mol. The van der Waals surface area contributed by atoms with Crippen LogP contribution in [0.5, 0.6) is 0 Å². The van der Waals surface area contributed by atoms with Crippen LogP contribution in [0, 0.1) is 5.92 Å². The molecule has 176 valence electrons. The Bertz CT molecular complexity index is 697. The number of nitrogens with one attached hydrogen (secondary N) is 3. The molecule has 0 radical (unpaired) electrons. The van der Waals surface area contributed by atoms with Crippen molar-refractivity contribution in [3.63, 3.8) is 0 Å². The predicted molar refractivity (Wildman–Crippen MR) is 104 cm³/mol. The van der Waals surface area contributed by atoms with Crippen LogP contribution < -0.4 is 27.4 Å². The Hall–Kier alpha value is -3.26. The summed E-state index contributed by atoms with van der Waals surface area (Å²) in [5.74, 6) is -6.93. The van der Waals surface area contributed by atoms with Gasteiger partial charge in [-0.2, -0.15) is 0 Å². The Labute approximate surface area is 177 Å². The first-order valence-electron chi connectivity index (χ1n) is 9.30. The summed E-state index contributed by atoms with van der Waals surface area (Å²) in [6.45, 7) is 2.18. The third-order valence-electron chi connectivity index (χ3n) is 4.08. The first-order chi connectivity index (χ1) is 14.3. The van der Waals surface area contributed by atoms with E-state index < -0.39 is 85.1 Å². The van der Waals surface area contributed by atoms with E-state index in [0.717, 1.165) is 0 Å². The van der Waals surface area contributed by atoms with Crippen molar-refractivity contribution in [2.75, 3.05) is 6.61 Å². The van der Waals surface area contributed by atoms with E-state index in [2.05, 4.69) is 16.0 Å². The van der Waals surface area contributed by atoms with Gasteiger partial charge >= 0.3 is 11.9 Å². The molecule has 14 heteroatoms. The topological polar surface area (TPSA) is 251 Å². The molecular weight excluding hydrogens is 418 g/mol. The standard InChI is InChI=1S/C17H29N5O9/c1-7(2)13(17(30)31)22-16(29)10(6-23)21-15(28)9(3-4-12(25)26)20-14(27)8(18)5-11(19)24/h7-10,13,23H,3-6,18H2,1-2H3,(H2,19,24)(H,20,27)(H,21,28)(H,22,29)(H,25,26)(H,30,31). The highest BCUT2D eigenvalue weighted by atomic mass is 16.4. The van der Waals surface area contributed by atoms with Gasteiger partial charge in [0.15, 0.2) is 0 Å². The second kappa shape index (κ2) is 13.1. The molecule has 14 nitrogen and oxygen atoms in total. The summed E-state index contributed by atoms with van der Waals surface area (Å²) in [5, 5.41) is 33.9. The van der Waals surface area contributed by atoms with Crippen LogP contribution in [0.2, 0.25) is 0 Å². The zero-order chi connectivity index (χ0) is 24.3. The smallest absolute Gasteiger partial charge is 0.326 e. The molecule has 4 unspecified atom stereocenters. The first kappa shape index (κ1) is 27.7. The summed E-state index contributed by atoms with van der Waals surface area (Å²) < 4.78 is 0. The summed E-state index contributed by atoms with van der Waals surface area (Å²) in [4.78, 5) is 69.8. The highest BCUT2D eigenvalue weighted by molar-refractivity contribution is 5.95. The largest absolute Gasteiger partial charge is 0.481 e. The minimum atomic E-state index is -1.57. The summed E-state index contributed by atoms with van der Waals surface area (Å²) in [6, 6.07) is -5.72. The molecule has 0 saturated carbocycles. The van der Waals surface area contributed by atoms with E-state index in [1.165, 1.54) is 0 Å². The highest BCUT2D eigenvalue weighted by Crippen LogP contribution is 2.04. The van der Waals surface area contributed by atoms with Crippen LogP contribution in [0.4, 0.5) is 0 Å². The van der Waals surface area contributed by atoms with Gasteiger partial charge in [-0.25, -0.2) is 4.79 Å². The van der Waals surface area contributed by atoms with E-state index >= 15 is 0 Å². The molecule has 0 aromatic carbocycles. The Balaban J connectivity index is 5.32. The van der Waals surface area contributed by atoms with Crippen LogP contribution in [0.25, 0.3) is 0 Å². The molecule has 0 spiro atoms. The van der Waals surface area contributed by atoms with Crippen LogP contribution in [0.1, 0.15) is 33.1 Å². The number of aliphatic hydroxyl groups excluding tert-OH is 1. The van der Waals surface area contributed by atoms with Crippen molar-refractivity contribution >= 4 is 35.6 Å². The second-order valence-electron chi connectivity index (χ2n) is 7.08. The Morgan fingerprint density at radius 3 is 1.81 bits per heavy atom. The number of hydrogen-bond donors (Lipinski definition) is 8. The Morgan fingerprint density at radius 2 is 1.39 bits per heavy atom. The fourth-order valence-corrected chi connectivity index (χ4v) is 2.36. The lowest BCUT2D eigenvalue weighted by atomic mass is 10.0. The van der Waals surface area contributed by atoms with Gasteiger partial charge in [-0.1, -0.05) is 13.8 Å². The zero-order valence-electron chi connectivity index (χ0n) is 17.2. The normalized spacial score (nSPS) is 14.6. The minimum absolute atomic E-state index is 0.389. The fraction of sp³-hybridized carbons (Fsp3) is 0.647. The number of carboxylic acids is 2. The fourth-order valence-electron chi connectivity index (χ4n) is 2.36. The molecular formula is C17H29N5O9. The van der Waals surface area contributed by atoms with Crippen molar-refractivity contribution in [2.24, 2.45) is 17.4 Å². The maximum Gasteiger partial charge on any atom is 0.326 e. The van der Waals surface area contributed by atoms with Crippen molar-refractivity contribution in [1.82, 2.24) is 16.0 Å². The Kier molecular flexibility index (Phi) is 11.7. The predicted octanol–water partition coefficient (Wildman–Crippen LogP) is -3.76. The third-order valence-corrected chi connectivity index (χ3v) is 4.08. The number of aliphatic hydroxyl groups is 1. The van der Waals surface area contributed by atoms with E-state index in [-0.39, 0.29) is 6.42 Å². The molecule has 0 aliphatic rings. The van der Waals surface area contributed by atoms with Gasteiger partial charge in [-0.05, 0) is 12.3 Å². The number of hydrogen-bond acceptors (Lipinski definition) is 8. The number of aliphatic carboxylic acids is 2. The summed E-state index contributed by atoms with van der Waals surface area (Å²) in [6.07, 6.45) is -1.44. The number of carboxylic acid groups (broad SMARTS) is 2. The monoisotopic (exact) mass is 447 g/mol. The molecule has 10 N–H and O–H groups in total. The van der Waals surface area contributed by atoms with Gasteiger partial charge in [-0.15, -0.1) is 0 Å². The van der Waals surface area contributed by atoms with Gasteiger partial charge in [0.25, 0.3) is 0 Å². The van der Waals surface area contributed by atoms with Gasteiger partial charge in [0, 0.05) is 6.42 Å². The van der Waals surface area contributed by atoms with Gasteiger partial charge in [0.1, 0.15) is 18.1 Å². The van der Waals surface area contributed by atoms with Crippen LogP contribution >= 0.6 is 0 Å². The third kappa shape index (κ3) is 10.4. The van der Waals surface area contributed by atoms with Gasteiger partial charge in [0.05, 0.1) is 19.1 Å². The average Bonchev–Trinajstić information content (AvgIpc) is 2.65. The number of primary amides is 1. The number of nitrogens with two attached hydrogens (primary N) is 2. The van der Waals surface area contributed by atoms with Gasteiger partial charge in [0.2, 0.25) is 23.6 Å². The summed E-state index contributed by atoms with van der Waals surface area (Å²) in [7, 11) is 0. The zero-order valence-corrected chi connectivity index (χ0v) is 17.2. The van der Waals surface area contributed by atoms with E-state index in [1.54, 1.807) is 13.8 Å². The van der Waals surface area contributed by atoms with Gasteiger partial charge < -0.3 is 42.7 Å². The lowest BCUT2D eigenvalue weighted by Gasteiger charge is -2.24. The van der Waals surface area contributed by atoms with Crippen LogP contribution in [0.3, 0.4) is 0 Å². The van der Waals surface area contributed by atoms with E-state index in [9.17, 15) is 33.9 Å². The molecule has 0 bridgehead atoms. The van der Waals surface area contributed by atoms with E-state index in [4.69, 9.17) is 21.7 Å². The first-order valence-corrected chi connectivity index (χ1v) is 9.30. The molecule has 0 aromatic rings. The number of carbonyl (C=O) groups excluding carboxylic acids is 4. The quantitative estimate of drug-likeness (QED) is 0.129. The van der Waals surface area contributed by atoms with Crippen molar-refractivity contribution in [2.45, 2.75) is 57.3 Å². The molecule has 4 amide bonds. The molecule has 0 saturated heterocycles. The highest BCUT2D eigenvalue weighted by Gasteiger charge is 2.31. The molecule has 0 rings (SSSR count). The number of rotatable bonds is 14. The maximum atomic E-state index is 12.5. The number of carbonyl (C=O) groups is 6. The van der Waals surface area contributed by atoms with Crippen molar-refractivity contribution in [3.05, 3.63) is 0 Å². The minimum Gasteiger partial charge on any atom is -0.481 e. The van der Waals surface area contributed by atoms with Crippen molar-refractivity contribution in [3.8, 4) is 0 Å². The van der Waals surface area contributed by atoms with E-state index in [1.807, 2.05) is 0 Å². The molecule has 0 aromatic heterocycles. The maximum absolute atomic E-state index is 12.5. The van der Waals surface area contributed by atoms with Gasteiger partial charge in [-0.3, -0.25) is 24.0 Å². The molecule has 0 heterocycles. The van der Waals surface area contributed by atoms with Crippen LogP contribution in [-0.4, -0.2) is 81.7 Å². The summed E-state index contributed by atoms with van der Waals surface area (Å²) in [5.41, 5.74) is 10.4. The van der Waals surface area contributed by atoms with Crippen molar-refractivity contribution < 1.29 is 44.1 Å². The SMILES string of the molecule is CC(C)C(NC(=O)C(CO)NC(=O)C(CCC(=O)O)NC(=O)C(N)CC(N)=O)C(=O)O. The Morgan fingerprint density at radius 1 is 0.871 bits per heavy atom. The lowest BCUT2D eigenvalue weighted by Crippen LogP contribution is -2.58. The lowest BCUT2D eigenvalue weighted by molar-refractivity contribution is -0.143.